The van der Waals surface area contributed by atoms with Crippen molar-refractivity contribution in [2.75, 3.05) is 7.11 Å². The van der Waals surface area contributed by atoms with Crippen molar-refractivity contribution in [3.8, 4) is 0 Å². The third kappa shape index (κ3) is 3.51. The molecule has 0 saturated heterocycles. The molecular formula is C28H44O2. The highest BCUT2D eigenvalue weighted by molar-refractivity contribution is 5.95. The van der Waals surface area contributed by atoms with Gasteiger partial charge in [-0.3, -0.25) is 4.79 Å². The standard InChI is InChI=1S/C28H44O2/c1-18(2)8-7-9-19(3)22-10-11-23-26-24(13-15-28(22,23)5)27(4)14-12-21(30-6)16-20(27)17-25(26)29/h16-19,22-24,26H,7-15H2,1-6H3/t19-,22+,23-,24-,26-,27+,28+/m1/s1. The van der Waals surface area contributed by atoms with Gasteiger partial charge < -0.3 is 4.74 Å². The normalized spacial score (nSPS) is 41.5. The van der Waals surface area contributed by atoms with Gasteiger partial charge in [0.2, 0.25) is 0 Å². The van der Waals surface area contributed by atoms with Crippen LogP contribution in [0.4, 0.5) is 0 Å². The molecule has 0 radical (unpaired) electrons. The molecule has 0 heterocycles. The Bertz CT molecular complexity index is 731. The first-order valence-corrected chi connectivity index (χ1v) is 12.7. The number of ketones is 1. The lowest BCUT2D eigenvalue weighted by atomic mass is 9.47. The second kappa shape index (κ2) is 8.14. The van der Waals surface area contributed by atoms with Crippen LogP contribution in [0.25, 0.3) is 0 Å². The van der Waals surface area contributed by atoms with Gasteiger partial charge in [-0.15, -0.1) is 0 Å². The van der Waals surface area contributed by atoms with E-state index in [0.717, 1.165) is 36.4 Å². The van der Waals surface area contributed by atoms with Gasteiger partial charge in [-0.1, -0.05) is 53.9 Å². The molecule has 0 aromatic carbocycles. The van der Waals surface area contributed by atoms with Crippen LogP contribution in [-0.2, 0) is 9.53 Å². The van der Waals surface area contributed by atoms with Crippen LogP contribution in [0.5, 0.6) is 0 Å². The first-order valence-electron chi connectivity index (χ1n) is 12.7. The largest absolute Gasteiger partial charge is 0.501 e. The lowest BCUT2D eigenvalue weighted by molar-refractivity contribution is -0.133. The van der Waals surface area contributed by atoms with Crippen LogP contribution < -0.4 is 0 Å². The summed E-state index contributed by atoms with van der Waals surface area (Å²) < 4.78 is 5.54. The van der Waals surface area contributed by atoms with Crippen molar-refractivity contribution in [3.05, 3.63) is 23.5 Å². The number of carbonyl (C=O) groups excluding carboxylic acids is 1. The summed E-state index contributed by atoms with van der Waals surface area (Å²) in [6.45, 7) is 12.2. The zero-order valence-electron chi connectivity index (χ0n) is 20.3. The van der Waals surface area contributed by atoms with Gasteiger partial charge in [0, 0.05) is 12.3 Å². The summed E-state index contributed by atoms with van der Waals surface area (Å²) in [7, 11) is 1.76. The molecule has 7 atom stereocenters. The molecule has 2 saturated carbocycles. The molecule has 2 fully saturated rings. The summed E-state index contributed by atoms with van der Waals surface area (Å²) in [6.07, 6.45) is 15.6. The van der Waals surface area contributed by atoms with Gasteiger partial charge in [0.15, 0.2) is 5.78 Å². The zero-order valence-corrected chi connectivity index (χ0v) is 20.3. The molecule has 2 heteroatoms. The van der Waals surface area contributed by atoms with Crippen molar-refractivity contribution in [1.82, 2.24) is 0 Å². The van der Waals surface area contributed by atoms with Gasteiger partial charge in [-0.05, 0) is 90.2 Å². The van der Waals surface area contributed by atoms with Gasteiger partial charge in [0.25, 0.3) is 0 Å². The topological polar surface area (TPSA) is 26.3 Å². The highest BCUT2D eigenvalue weighted by Crippen LogP contribution is 2.66. The molecule has 0 aromatic rings. The van der Waals surface area contributed by atoms with Crippen LogP contribution in [-0.4, -0.2) is 12.9 Å². The molecule has 0 spiro atoms. The number of rotatable bonds is 6. The van der Waals surface area contributed by atoms with Crippen molar-refractivity contribution in [3.63, 3.8) is 0 Å². The summed E-state index contributed by atoms with van der Waals surface area (Å²) in [4.78, 5) is 13.5. The average Bonchev–Trinajstić information content (AvgIpc) is 3.05. The van der Waals surface area contributed by atoms with E-state index in [1.807, 2.05) is 6.08 Å². The summed E-state index contributed by atoms with van der Waals surface area (Å²) in [5.74, 6) is 5.22. The second-order valence-corrected chi connectivity index (χ2v) is 12.0. The van der Waals surface area contributed by atoms with Crippen molar-refractivity contribution in [1.29, 1.82) is 0 Å². The van der Waals surface area contributed by atoms with Crippen LogP contribution in [0.2, 0.25) is 0 Å². The van der Waals surface area contributed by atoms with Crippen LogP contribution in [0, 0.1) is 46.3 Å². The van der Waals surface area contributed by atoms with Gasteiger partial charge in [0.1, 0.15) is 0 Å². The molecule has 4 aliphatic carbocycles. The quantitative estimate of drug-likeness (QED) is 0.456. The Morgan fingerprint density at radius 2 is 1.80 bits per heavy atom. The SMILES string of the molecule is COC1=CC2=CC(=O)[C@@H]3[C@H]4CC[C@@H]([C@H](C)CCCC(C)C)[C@]4(C)CC[C@H]3[C@@]2(C)CC1. The second-order valence-electron chi connectivity index (χ2n) is 12.0. The Morgan fingerprint density at radius 3 is 2.50 bits per heavy atom. The third-order valence-electron chi connectivity index (χ3n) is 10.0. The van der Waals surface area contributed by atoms with E-state index >= 15 is 0 Å². The maximum atomic E-state index is 13.5. The molecule has 0 N–H and O–H groups in total. The lowest BCUT2D eigenvalue weighted by Crippen LogP contribution is -2.52. The number of methoxy groups -OCH3 is 1. The fourth-order valence-electron chi connectivity index (χ4n) is 8.23. The summed E-state index contributed by atoms with van der Waals surface area (Å²) in [5.41, 5.74) is 1.76. The predicted octanol–water partition coefficient (Wildman–Crippen LogP) is 7.35. The van der Waals surface area contributed by atoms with Crippen molar-refractivity contribution < 1.29 is 9.53 Å². The van der Waals surface area contributed by atoms with Crippen LogP contribution in [0.1, 0.15) is 92.4 Å². The fraction of sp³-hybridized carbons (Fsp3) is 0.821. The monoisotopic (exact) mass is 412 g/mol. The van der Waals surface area contributed by atoms with E-state index in [2.05, 4.69) is 40.7 Å². The van der Waals surface area contributed by atoms with Gasteiger partial charge in [-0.2, -0.15) is 0 Å². The zero-order chi connectivity index (χ0) is 21.7. The van der Waals surface area contributed by atoms with Gasteiger partial charge in [0.05, 0.1) is 12.9 Å². The molecule has 30 heavy (non-hydrogen) atoms. The summed E-state index contributed by atoms with van der Waals surface area (Å²) in [5, 5.41) is 0. The first kappa shape index (κ1) is 22.2. The smallest absolute Gasteiger partial charge is 0.159 e. The van der Waals surface area contributed by atoms with E-state index in [9.17, 15) is 4.79 Å². The minimum atomic E-state index is 0.156. The summed E-state index contributed by atoms with van der Waals surface area (Å²) in [6, 6.07) is 0. The molecule has 168 valence electrons. The van der Waals surface area contributed by atoms with Gasteiger partial charge >= 0.3 is 0 Å². The Morgan fingerprint density at radius 1 is 1.03 bits per heavy atom. The predicted molar refractivity (Wildman–Crippen MR) is 124 cm³/mol. The van der Waals surface area contributed by atoms with Crippen LogP contribution >= 0.6 is 0 Å². The Kier molecular flexibility index (Phi) is 6.01. The Labute approximate surface area is 184 Å². The molecule has 0 bridgehead atoms. The molecular weight excluding hydrogens is 368 g/mol. The number of ether oxygens (including phenoxy) is 1. The maximum Gasteiger partial charge on any atom is 0.159 e. The van der Waals surface area contributed by atoms with E-state index in [1.54, 1.807) is 7.11 Å². The molecule has 0 unspecified atom stereocenters. The molecule has 4 aliphatic rings. The Balaban J connectivity index is 1.56. The van der Waals surface area contributed by atoms with E-state index in [0.29, 0.717) is 23.0 Å². The van der Waals surface area contributed by atoms with Crippen LogP contribution in [0.15, 0.2) is 23.5 Å². The van der Waals surface area contributed by atoms with Crippen molar-refractivity contribution >= 4 is 5.78 Å². The minimum Gasteiger partial charge on any atom is -0.501 e. The molecule has 4 rings (SSSR count). The van der Waals surface area contributed by atoms with E-state index in [-0.39, 0.29) is 11.3 Å². The number of hydrogen-bond acceptors (Lipinski definition) is 2. The number of carbonyl (C=O) groups is 1. The minimum absolute atomic E-state index is 0.156. The third-order valence-corrected chi connectivity index (χ3v) is 10.0. The highest BCUT2D eigenvalue weighted by atomic mass is 16.5. The Hall–Kier alpha value is -1.05. The molecule has 0 amide bonds. The number of hydrogen-bond donors (Lipinski definition) is 0. The molecule has 2 nitrogen and oxygen atoms in total. The molecule has 0 aromatic heterocycles. The fourth-order valence-corrected chi connectivity index (χ4v) is 8.23. The van der Waals surface area contributed by atoms with Gasteiger partial charge in [-0.25, -0.2) is 0 Å². The first-order chi connectivity index (χ1) is 14.2. The van der Waals surface area contributed by atoms with E-state index in [1.165, 1.54) is 50.5 Å². The number of fused-ring (bicyclic) bond motifs is 5. The lowest BCUT2D eigenvalue weighted by Gasteiger charge is -2.56. The van der Waals surface area contributed by atoms with Crippen molar-refractivity contribution in [2.45, 2.75) is 92.4 Å². The maximum absolute atomic E-state index is 13.5. The van der Waals surface area contributed by atoms with E-state index in [4.69, 9.17) is 4.74 Å². The van der Waals surface area contributed by atoms with Crippen molar-refractivity contribution in [2.24, 2.45) is 46.3 Å². The average molecular weight is 413 g/mol. The van der Waals surface area contributed by atoms with Crippen LogP contribution in [0.3, 0.4) is 0 Å². The number of allylic oxidation sites excluding steroid dienone is 4. The highest BCUT2D eigenvalue weighted by Gasteiger charge is 2.60. The summed E-state index contributed by atoms with van der Waals surface area (Å²) >= 11 is 0. The molecule has 0 aliphatic heterocycles. The van der Waals surface area contributed by atoms with E-state index < -0.39 is 0 Å².